The van der Waals surface area contributed by atoms with E-state index in [9.17, 15) is 8.42 Å². The van der Waals surface area contributed by atoms with Gasteiger partial charge < -0.3 is 20.1 Å². The molecular weight excluding hydrogens is 344 g/mol. The zero-order chi connectivity index (χ0) is 18.0. The molecule has 0 spiro atoms. The van der Waals surface area contributed by atoms with Crippen LogP contribution in [0.2, 0.25) is 0 Å². The third-order valence-electron chi connectivity index (χ3n) is 4.56. The molecule has 1 aliphatic carbocycles. The lowest BCUT2D eigenvalue weighted by atomic mass is 9.86. The highest BCUT2D eigenvalue weighted by molar-refractivity contribution is 7.89. The van der Waals surface area contributed by atoms with Gasteiger partial charge in [-0.15, -0.1) is 0 Å². The minimum absolute atomic E-state index is 0.0468. The molecule has 0 bridgehead atoms. The van der Waals surface area contributed by atoms with Gasteiger partial charge >= 0.3 is 0 Å². The van der Waals surface area contributed by atoms with E-state index in [2.05, 4.69) is 20.3 Å². The molecule has 9 heteroatoms. The molecule has 0 aromatic rings. The summed E-state index contributed by atoms with van der Waals surface area (Å²) in [4.78, 5) is 4.10. The average molecular weight is 377 g/mol. The largest absolute Gasteiger partial charge is 0.379 e. The van der Waals surface area contributed by atoms with Crippen LogP contribution in [-0.2, 0) is 19.5 Å². The lowest BCUT2D eigenvalue weighted by molar-refractivity contribution is 0.0420. The van der Waals surface area contributed by atoms with E-state index in [4.69, 9.17) is 9.47 Å². The first kappa shape index (κ1) is 20.4. The predicted molar refractivity (Wildman–Crippen MR) is 98.3 cm³/mol. The number of hydrogen-bond acceptors (Lipinski definition) is 5. The van der Waals surface area contributed by atoms with Crippen LogP contribution in [0.3, 0.4) is 0 Å². The summed E-state index contributed by atoms with van der Waals surface area (Å²) in [6, 6.07) is 0. The van der Waals surface area contributed by atoms with Crippen LogP contribution in [0.1, 0.15) is 32.1 Å². The Bertz CT molecular complexity index is 502. The molecule has 0 aromatic heterocycles. The fourth-order valence-electron chi connectivity index (χ4n) is 2.71. The molecule has 8 nitrogen and oxygen atoms in total. The molecule has 0 radical (unpaired) electrons. The molecule has 146 valence electrons. The maximum atomic E-state index is 11.9. The molecule has 3 N–H and O–H groups in total. The van der Waals surface area contributed by atoms with Crippen LogP contribution in [0.4, 0.5) is 0 Å². The molecule has 25 heavy (non-hydrogen) atoms. The average Bonchev–Trinajstić information content (AvgIpc) is 3.04. The summed E-state index contributed by atoms with van der Waals surface area (Å²) < 4.78 is 37.5. The van der Waals surface area contributed by atoms with Crippen LogP contribution < -0.4 is 15.4 Å². The lowest BCUT2D eigenvalue weighted by Gasteiger charge is -2.25. The Morgan fingerprint density at radius 3 is 2.68 bits per heavy atom. The summed E-state index contributed by atoms with van der Waals surface area (Å²) in [7, 11) is -1.55. The first-order valence-electron chi connectivity index (χ1n) is 9.20. The Balaban J connectivity index is 1.50. The van der Waals surface area contributed by atoms with Gasteiger partial charge in [0.05, 0.1) is 18.5 Å². The van der Waals surface area contributed by atoms with Gasteiger partial charge in [0.2, 0.25) is 10.0 Å². The fraction of sp³-hybridized carbons (Fsp3) is 0.938. The normalized spacial score (nSPS) is 22.0. The molecule has 2 rings (SSSR count). The van der Waals surface area contributed by atoms with Crippen LogP contribution in [0.15, 0.2) is 4.99 Å². The van der Waals surface area contributed by atoms with Gasteiger partial charge in [-0.25, -0.2) is 13.1 Å². The van der Waals surface area contributed by atoms with E-state index in [0.717, 1.165) is 38.8 Å². The van der Waals surface area contributed by atoms with E-state index in [0.29, 0.717) is 38.2 Å². The van der Waals surface area contributed by atoms with Crippen LogP contribution in [0.25, 0.3) is 0 Å². The Morgan fingerprint density at radius 1 is 1.24 bits per heavy atom. The standard InChI is InChI=1S/C16H32N4O4S/c1-17-16(18-7-3-9-24-15-6-10-23-13-15)19-8-11-25(21,22)20-12-14-4-2-5-14/h14-15,20H,2-13H2,1H3,(H2,17,18,19). The SMILES string of the molecule is CN=C(NCCCOC1CCOC1)NCCS(=O)(=O)NCC1CCC1. The number of guanidine groups is 1. The van der Waals surface area contributed by atoms with Crippen molar-refractivity contribution in [1.82, 2.24) is 15.4 Å². The second kappa shape index (κ2) is 10.9. The Labute approximate surface area is 151 Å². The first-order chi connectivity index (χ1) is 12.1. The summed E-state index contributed by atoms with van der Waals surface area (Å²) >= 11 is 0. The summed E-state index contributed by atoms with van der Waals surface area (Å²) in [5.41, 5.74) is 0. The second-order valence-corrected chi connectivity index (χ2v) is 8.53. The van der Waals surface area contributed by atoms with E-state index in [1.165, 1.54) is 6.42 Å². The highest BCUT2D eigenvalue weighted by Gasteiger charge is 2.20. The summed E-state index contributed by atoms with van der Waals surface area (Å²) in [5.74, 6) is 1.18. The van der Waals surface area contributed by atoms with E-state index in [-0.39, 0.29) is 11.9 Å². The smallest absolute Gasteiger partial charge is 0.213 e. The van der Waals surface area contributed by atoms with Crippen molar-refractivity contribution in [2.24, 2.45) is 10.9 Å². The van der Waals surface area contributed by atoms with Crippen molar-refractivity contribution in [1.29, 1.82) is 0 Å². The minimum Gasteiger partial charge on any atom is -0.379 e. The van der Waals surface area contributed by atoms with Crippen molar-refractivity contribution in [2.75, 3.05) is 52.3 Å². The van der Waals surface area contributed by atoms with Crippen molar-refractivity contribution in [3.63, 3.8) is 0 Å². The highest BCUT2D eigenvalue weighted by atomic mass is 32.2. The Hall–Kier alpha value is -0.900. The van der Waals surface area contributed by atoms with Gasteiger partial charge in [-0.3, -0.25) is 4.99 Å². The van der Waals surface area contributed by atoms with Crippen LogP contribution in [-0.4, -0.2) is 72.7 Å². The van der Waals surface area contributed by atoms with Gasteiger partial charge in [0, 0.05) is 39.9 Å². The molecule has 0 aromatic carbocycles. The number of ether oxygens (including phenoxy) is 2. The van der Waals surface area contributed by atoms with Crippen molar-refractivity contribution < 1.29 is 17.9 Å². The van der Waals surface area contributed by atoms with E-state index < -0.39 is 10.0 Å². The van der Waals surface area contributed by atoms with E-state index in [1.807, 2.05) is 0 Å². The number of hydrogen-bond donors (Lipinski definition) is 3. The zero-order valence-corrected chi connectivity index (χ0v) is 15.9. The van der Waals surface area contributed by atoms with Crippen molar-refractivity contribution in [2.45, 2.75) is 38.2 Å². The van der Waals surface area contributed by atoms with Gasteiger partial charge in [0.25, 0.3) is 0 Å². The van der Waals surface area contributed by atoms with Gasteiger partial charge in [0.1, 0.15) is 0 Å². The fourth-order valence-corrected chi connectivity index (χ4v) is 3.72. The van der Waals surface area contributed by atoms with Crippen molar-refractivity contribution in [3.05, 3.63) is 0 Å². The van der Waals surface area contributed by atoms with E-state index in [1.54, 1.807) is 7.05 Å². The van der Waals surface area contributed by atoms with Gasteiger partial charge in [-0.1, -0.05) is 6.42 Å². The van der Waals surface area contributed by atoms with Crippen LogP contribution in [0, 0.1) is 5.92 Å². The summed E-state index contributed by atoms with van der Waals surface area (Å²) in [5, 5.41) is 6.19. The molecule has 1 heterocycles. The number of nitrogens with zero attached hydrogens (tertiary/aromatic N) is 1. The molecule has 1 unspecified atom stereocenters. The molecule has 0 amide bonds. The first-order valence-corrected chi connectivity index (χ1v) is 10.9. The maximum Gasteiger partial charge on any atom is 0.213 e. The van der Waals surface area contributed by atoms with Crippen LogP contribution in [0.5, 0.6) is 0 Å². The molecular formula is C16H32N4O4S. The Kier molecular flexibility index (Phi) is 8.94. The number of rotatable bonds is 11. The molecule has 1 saturated heterocycles. The second-order valence-electron chi connectivity index (χ2n) is 6.60. The Morgan fingerprint density at radius 2 is 2.04 bits per heavy atom. The van der Waals surface area contributed by atoms with Gasteiger partial charge in [0.15, 0.2) is 5.96 Å². The molecule has 2 fully saturated rings. The predicted octanol–water partition coefficient (Wildman–Crippen LogP) is 0.0665. The summed E-state index contributed by atoms with van der Waals surface area (Å²) in [6.07, 6.45) is 5.55. The highest BCUT2D eigenvalue weighted by Crippen LogP contribution is 2.25. The van der Waals surface area contributed by atoms with E-state index >= 15 is 0 Å². The lowest BCUT2D eigenvalue weighted by Crippen LogP contribution is -2.42. The maximum absolute atomic E-state index is 11.9. The minimum atomic E-state index is -3.22. The van der Waals surface area contributed by atoms with Gasteiger partial charge in [-0.05, 0) is 31.6 Å². The summed E-state index contributed by atoms with van der Waals surface area (Å²) in [6.45, 7) is 3.78. The number of aliphatic imine (C=N–C) groups is 1. The topological polar surface area (TPSA) is 101 Å². The molecule has 1 atom stereocenters. The third kappa shape index (κ3) is 8.35. The number of sulfonamides is 1. The molecule has 1 saturated carbocycles. The van der Waals surface area contributed by atoms with Crippen molar-refractivity contribution >= 4 is 16.0 Å². The zero-order valence-electron chi connectivity index (χ0n) is 15.1. The van der Waals surface area contributed by atoms with Gasteiger partial charge in [-0.2, -0.15) is 0 Å². The van der Waals surface area contributed by atoms with Crippen molar-refractivity contribution in [3.8, 4) is 0 Å². The number of nitrogens with one attached hydrogen (secondary N) is 3. The van der Waals surface area contributed by atoms with Crippen LogP contribution >= 0.6 is 0 Å². The quantitative estimate of drug-likeness (QED) is 0.268. The third-order valence-corrected chi connectivity index (χ3v) is 5.91. The molecule has 2 aliphatic rings. The monoisotopic (exact) mass is 376 g/mol. The molecule has 1 aliphatic heterocycles.